The summed E-state index contributed by atoms with van der Waals surface area (Å²) in [4.78, 5) is 23.7. The Bertz CT molecular complexity index is 1120. The van der Waals surface area contributed by atoms with Crippen LogP contribution in [-0.2, 0) is 11.0 Å². The van der Waals surface area contributed by atoms with Crippen molar-refractivity contribution in [2.75, 3.05) is 7.05 Å². The Morgan fingerprint density at radius 3 is 2.44 bits per heavy atom. The van der Waals surface area contributed by atoms with E-state index >= 15 is 0 Å². The number of halogens is 5. The maximum atomic E-state index is 13.7. The van der Waals surface area contributed by atoms with E-state index in [1.54, 1.807) is 13.8 Å². The van der Waals surface area contributed by atoms with E-state index in [4.69, 9.17) is 21.1 Å². The van der Waals surface area contributed by atoms with Crippen molar-refractivity contribution in [2.45, 2.75) is 26.1 Å². The van der Waals surface area contributed by atoms with Crippen LogP contribution in [-0.4, -0.2) is 31.6 Å². The fourth-order valence-electron chi connectivity index (χ4n) is 2.59. The summed E-state index contributed by atoms with van der Waals surface area (Å²) in [6.07, 6.45) is -2.81. The highest BCUT2D eigenvalue weighted by Crippen LogP contribution is 2.41. The Kier molecular flexibility index (Phi) is 9.02. The third-order valence-corrected chi connectivity index (χ3v) is 4.26. The van der Waals surface area contributed by atoms with Crippen molar-refractivity contribution in [1.29, 1.82) is 0 Å². The smallest absolute Gasteiger partial charge is 0.417 e. The molecule has 7 nitrogen and oxygen atoms in total. The molecule has 0 heterocycles. The standard InChI is InChI=1S/C22H20ClF4N3O4/c1-12(2)33-20-8-13(24)4-5-18(20)34-19-10-16(22(25,26)27)17(23)9-15(19)21(32)30-14(6-7-31)11-29-28-3/h4-12,28H,1-3H3,(H,30,32)/b14-6+,29-11-. The molecule has 2 N–H and O–H groups in total. The number of rotatable bonds is 9. The summed E-state index contributed by atoms with van der Waals surface area (Å²) in [6.45, 7) is 3.32. The zero-order valence-corrected chi connectivity index (χ0v) is 18.9. The average Bonchev–Trinajstić information content (AvgIpc) is 2.73. The fourth-order valence-corrected chi connectivity index (χ4v) is 2.86. The van der Waals surface area contributed by atoms with Gasteiger partial charge in [-0.15, -0.1) is 0 Å². The van der Waals surface area contributed by atoms with E-state index in [2.05, 4.69) is 15.8 Å². The van der Waals surface area contributed by atoms with Crippen molar-refractivity contribution in [2.24, 2.45) is 5.10 Å². The maximum Gasteiger partial charge on any atom is 0.417 e. The predicted octanol–water partition coefficient (Wildman–Crippen LogP) is 5.10. The number of alkyl halides is 3. The van der Waals surface area contributed by atoms with Gasteiger partial charge in [-0.25, -0.2) is 4.39 Å². The van der Waals surface area contributed by atoms with Crippen LogP contribution >= 0.6 is 11.6 Å². The molecule has 0 unspecified atom stereocenters. The largest absolute Gasteiger partial charge is 0.487 e. The summed E-state index contributed by atoms with van der Waals surface area (Å²) < 4.78 is 65.2. The Hall–Kier alpha value is -3.60. The highest BCUT2D eigenvalue weighted by Gasteiger charge is 2.35. The first kappa shape index (κ1) is 26.7. The van der Waals surface area contributed by atoms with Gasteiger partial charge in [-0.05, 0) is 38.1 Å². The number of allylic oxidation sites excluding steroid dienone is 2. The van der Waals surface area contributed by atoms with Crippen molar-refractivity contribution in [3.05, 3.63) is 64.1 Å². The number of aldehydes is 1. The van der Waals surface area contributed by atoms with Gasteiger partial charge in [0.15, 0.2) is 11.5 Å². The molecule has 0 aliphatic rings. The molecule has 0 aliphatic carbocycles. The summed E-state index contributed by atoms with van der Waals surface area (Å²) in [6, 6.07) is 4.48. The SMILES string of the molecule is CN/N=C\C(=C/C=O)NC(=O)c1cc(Cl)c(C(F)(F)F)cc1Oc1ccc(F)cc1OC(C)C. The van der Waals surface area contributed by atoms with Crippen molar-refractivity contribution in [3.8, 4) is 17.2 Å². The van der Waals surface area contributed by atoms with Gasteiger partial charge in [-0.3, -0.25) is 9.59 Å². The van der Waals surface area contributed by atoms with Crippen LogP contribution in [0.15, 0.2) is 47.2 Å². The van der Waals surface area contributed by atoms with Crippen molar-refractivity contribution >= 4 is 30.0 Å². The number of hydrogen-bond donors (Lipinski definition) is 2. The molecule has 0 atom stereocenters. The summed E-state index contributed by atoms with van der Waals surface area (Å²) in [5, 5.41) is 5.23. The highest BCUT2D eigenvalue weighted by atomic mass is 35.5. The molecule has 2 aromatic carbocycles. The molecule has 0 radical (unpaired) electrons. The number of ether oxygens (including phenoxy) is 2. The van der Waals surface area contributed by atoms with Crippen LogP contribution in [0.4, 0.5) is 17.6 Å². The molecule has 0 saturated heterocycles. The van der Waals surface area contributed by atoms with Crippen molar-refractivity contribution in [3.63, 3.8) is 0 Å². The second-order valence-corrected chi connectivity index (χ2v) is 7.29. The molecule has 0 aromatic heterocycles. The number of benzene rings is 2. The highest BCUT2D eigenvalue weighted by molar-refractivity contribution is 6.32. The molecule has 12 heteroatoms. The van der Waals surface area contributed by atoms with E-state index in [0.717, 1.165) is 36.6 Å². The number of carbonyl (C=O) groups excluding carboxylic acids is 2. The summed E-state index contributed by atoms with van der Waals surface area (Å²) in [5.74, 6) is -2.38. The van der Waals surface area contributed by atoms with Gasteiger partial charge in [0.1, 0.15) is 17.9 Å². The van der Waals surface area contributed by atoms with Gasteiger partial charge in [0.25, 0.3) is 5.91 Å². The molecule has 2 aromatic rings. The molecule has 0 saturated carbocycles. The molecule has 1 amide bonds. The third-order valence-electron chi connectivity index (χ3n) is 3.95. The Balaban J connectivity index is 2.60. The summed E-state index contributed by atoms with van der Waals surface area (Å²) >= 11 is 5.80. The minimum atomic E-state index is -4.85. The molecule has 0 aliphatic heterocycles. The molecular formula is C22H20ClF4N3O4. The van der Waals surface area contributed by atoms with Crippen molar-refractivity contribution < 1.29 is 36.6 Å². The number of nitrogens with zero attached hydrogens (tertiary/aromatic N) is 1. The minimum Gasteiger partial charge on any atom is -0.487 e. The second kappa shape index (κ2) is 11.5. The zero-order chi connectivity index (χ0) is 25.5. The van der Waals surface area contributed by atoms with Gasteiger partial charge < -0.3 is 20.2 Å². The van der Waals surface area contributed by atoms with Crippen LogP contribution < -0.4 is 20.2 Å². The van der Waals surface area contributed by atoms with Gasteiger partial charge in [-0.2, -0.15) is 18.3 Å². The van der Waals surface area contributed by atoms with Gasteiger partial charge in [0, 0.05) is 19.2 Å². The lowest BCUT2D eigenvalue weighted by molar-refractivity contribution is -0.137. The molecule has 2 rings (SSSR count). The first-order chi connectivity index (χ1) is 16.0. The van der Waals surface area contributed by atoms with Crippen LogP contribution in [0.3, 0.4) is 0 Å². The monoisotopic (exact) mass is 501 g/mol. The van der Waals surface area contributed by atoms with Crippen LogP contribution in [0.25, 0.3) is 0 Å². The summed E-state index contributed by atoms with van der Waals surface area (Å²) in [5.41, 5.74) is 0.701. The minimum absolute atomic E-state index is 0.0677. The number of amides is 1. The lowest BCUT2D eigenvalue weighted by atomic mass is 10.1. The first-order valence-electron chi connectivity index (χ1n) is 9.67. The molecule has 182 valence electrons. The Morgan fingerprint density at radius 1 is 1.15 bits per heavy atom. The van der Waals surface area contributed by atoms with E-state index in [-0.39, 0.29) is 17.2 Å². The van der Waals surface area contributed by atoms with Crippen LogP contribution in [0.2, 0.25) is 5.02 Å². The zero-order valence-electron chi connectivity index (χ0n) is 18.2. The molecule has 34 heavy (non-hydrogen) atoms. The lowest BCUT2D eigenvalue weighted by Gasteiger charge is -2.18. The van der Waals surface area contributed by atoms with E-state index in [9.17, 15) is 27.2 Å². The first-order valence-corrected chi connectivity index (χ1v) is 10.1. The van der Waals surface area contributed by atoms with Crippen LogP contribution in [0.1, 0.15) is 29.8 Å². The number of hydrazone groups is 1. The molecular weight excluding hydrogens is 482 g/mol. The maximum absolute atomic E-state index is 13.7. The Morgan fingerprint density at radius 2 is 1.85 bits per heavy atom. The fraction of sp³-hybridized carbons (Fsp3) is 0.227. The average molecular weight is 502 g/mol. The molecule has 0 spiro atoms. The van der Waals surface area contributed by atoms with Crippen LogP contribution in [0.5, 0.6) is 17.2 Å². The van der Waals surface area contributed by atoms with Gasteiger partial charge in [0.05, 0.1) is 34.2 Å². The van der Waals surface area contributed by atoms with Crippen molar-refractivity contribution in [1.82, 2.24) is 10.7 Å². The normalized spacial score (nSPS) is 12.1. The van der Waals surface area contributed by atoms with E-state index in [0.29, 0.717) is 12.4 Å². The third kappa shape index (κ3) is 7.20. The molecule has 0 bridgehead atoms. The van der Waals surface area contributed by atoms with Gasteiger partial charge in [-0.1, -0.05) is 11.6 Å². The summed E-state index contributed by atoms with van der Waals surface area (Å²) in [7, 11) is 1.47. The van der Waals surface area contributed by atoms with E-state index in [1.165, 1.54) is 7.05 Å². The topological polar surface area (TPSA) is 89.0 Å². The second-order valence-electron chi connectivity index (χ2n) is 6.88. The molecule has 0 fully saturated rings. The quantitative estimate of drug-likeness (QED) is 0.164. The number of hydrogen-bond acceptors (Lipinski definition) is 6. The predicted molar refractivity (Wildman–Crippen MR) is 118 cm³/mol. The van der Waals surface area contributed by atoms with Gasteiger partial charge >= 0.3 is 6.18 Å². The number of nitrogens with one attached hydrogen (secondary N) is 2. The van der Waals surface area contributed by atoms with E-state index < -0.39 is 45.9 Å². The Labute approximate surface area is 197 Å². The van der Waals surface area contributed by atoms with E-state index in [1.807, 2.05) is 0 Å². The van der Waals surface area contributed by atoms with Crippen LogP contribution in [0, 0.1) is 5.82 Å². The lowest BCUT2D eigenvalue weighted by Crippen LogP contribution is -2.25. The number of carbonyl (C=O) groups is 2. The van der Waals surface area contributed by atoms with Gasteiger partial charge in [0.2, 0.25) is 0 Å².